The summed E-state index contributed by atoms with van der Waals surface area (Å²) >= 11 is 0. The molecule has 0 fully saturated rings. The third-order valence-corrected chi connectivity index (χ3v) is 4.93. The van der Waals surface area contributed by atoms with Crippen LogP contribution in [-0.4, -0.2) is 30.5 Å². The minimum atomic E-state index is -0.174. The SMILES string of the molecule is COC(=O)CCCCCNC(=O)c1ccc2[nH]c3c(c2c1)CCCC3. The van der Waals surface area contributed by atoms with Gasteiger partial charge in [-0.25, -0.2) is 0 Å². The van der Waals surface area contributed by atoms with Gasteiger partial charge in [0.25, 0.3) is 5.91 Å². The molecule has 5 nitrogen and oxygen atoms in total. The normalized spacial score (nSPS) is 13.5. The van der Waals surface area contributed by atoms with E-state index >= 15 is 0 Å². The number of carbonyl (C=O) groups excluding carboxylic acids is 2. The van der Waals surface area contributed by atoms with Gasteiger partial charge in [0.15, 0.2) is 0 Å². The average Bonchev–Trinajstić information content (AvgIpc) is 3.01. The van der Waals surface area contributed by atoms with Crippen LogP contribution in [0.3, 0.4) is 0 Å². The Hall–Kier alpha value is -2.30. The van der Waals surface area contributed by atoms with Crippen LogP contribution in [-0.2, 0) is 22.4 Å². The standard InChI is InChI=1S/C20H26N2O3/c1-25-19(23)9-3-2-6-12-21-20(24)14-10-11-18-16(13-14)15-7-4-5-8-17(15)22-18/h10-11,13,22H,2-9,12H2,1H3,(H,21,24). The molecule has 0 unspecified atom stereocenters. The monoisotopic (exact) mass is 342 g/mol. The Balaban J connectivity index is 1.53. The average molecular weight is 342 g/mol. The van der Waals surface area contributed by atoms with Gasteiger partial charge in [-0.05, 0) is 62.3 Å². The molecule has 0 bridgehead atoms. The van der Waals surface area contributed by atoms with Crippen molar-refractivity contribution in [1.82, 2.24) is 10.3 Å². The molecule has 25 heavy (non-hydrogen) atoms. The van der Waals surface area contributed by atoms with Gasteiger partial charge in [0.2, 0.25) is 0 Å². The highest BCUT2D eigenvalue weighted by molar-refractivity contribution is 5.99. The molecule has 2 aromatic rings. The van der Waals surface area contributed by atoms with Gasteiger partial charge in [0.1, 0.15) is 0 Å². The van der Waals surface area contributed by atoms with Gasteiger partial charge in [0.05, 0.1) is 7.11 Å². The molecule has 0 spiro atoms. The number of methoxy groups -OCH3 is 1. The number of unbranched alkanes of at least 4 members (excludes halogenated alkanes) is 2. The Morgan fingerprint density at radius 1 is 1.16 bits per heavy atom. The van der Waals surface area contributed by atoms with Crippen molar-refractivity contribution < 1.29 is 14.3 Å². The van der Waals surface area contributed by atoms with E-state index < -0.39 is 0 Å². The molecule has 0 radical (unpaired) electrons. The first-order valence-corrected chi connectivity index (χ1v) is 9.17. The van der Waals surface area contributed by atoms with Crippen molar-refractivity contribution >= 4 is 22.8 Å². The number of aromatic nitrogens is 1. The molecule has 1 aromatic carbocycles. The number of fused-ring (bicyclic) bond motifs is 3. The Labute approximate surface area is 148 Å². The van der Waals surface area contributed by atoms with Gasteiger partial charge >= 0.3 is 5.97 Å². The number of amides is 1. The van der Waals surface area contributed by atoms with Crippen LogP contribution < -0.4 is 5.32 Å². The predicted molar refractivity (Wildman–Crippen MR) is 97.8 cm³/mol. The number of hydrogen-bond donors (Lipinski definition) is 2. The summed E-state index contributed by atoms with van der Waals surface area (Å²) in [6.45, 7) is 0.628. The van der Waals surface area contributed by atoms with Crippen LogP contribution >= 0.6 is 0 Å². The number of nitrogens with one attached hydrogen (secondary N) is 2. The number of rotatable bonds is 7. The first kappa shape index (κ1) is 17.5. The molecule has 1 heterocycles. The molecule has 0 aliphatic heterocycles. The number of H-pyrrole nitrogens is 1. The molecule has 1 aliphatic carbocycles. The Morgan fingerprint density at radius 3 is 2.84 bits per heavy atom. The summed E-state index contributed by atoms with van der Waals surface area (Å²) in [6, 6.07) is 5.92. The molecule has 1 aromatic heterocycles. The predicted octanol–water partition coefficient (Wildman–Crippen LogP) is 3.51. The number of ether oxygens (including phenoxy) is 1. The van der Waals surface area contributed by atoms with E-state index in [4.69, 9.17) is 0 Å². The molecule has 5 heteroatoms. The number of aryl methyl sites for hydroxylation is 2. The zero-order valence-corrected chi connectivity index (χ0v) is 14.8. The molecule has 0 atom stereocenters. The van der Waals surface area contributed by atoms with E-state index in [0.717, 1.165) is 43.2 Å². The van der Waals surface area contributed by atoms with E-state index in [1.54, 1.807) is 0 Å². The second kappa shape index (κ2) is 8.19. The summed E-state index contributed by atoms with van der Waals surface area (Å²) < 4.78 is 4.61. The van der Waals surface area contributed by atoms with Crippen molar-refractivity contribution in [2.24, 2.45) is 0 Å². The first-order valence-electron chi connectivity index (χ1n) is 9.17. The molecule has 0 saturated heterocycles. The van der Waals surface area contributed by atoms with Crippen LogP contribution in [0.25, 0.3) is 10.9 Å². The topological polar surface area (TPSA) is 71.2 Å². The smallest absolute Gasteiger partial charge is 0.305 e. The number of hydrogen-bond acceptors (Lipinski definition) is 3. The molecule has 1 amide bonds. The van der Waals surface area contributed by atoms with Gasteiger partial charge < -0.3 is 15.0 Å². The van der Waals surface area contributed by atoms with E-state index in [1.807, 2.05) is 18.2 Å². The molecule has 1 aliphatic rings. The van der Waals surface area contributed by atoms with E-state index in [-0.39, 0.29) is 11.9 Å². The lowest BCUT2D eigenvalue weighted by Crippen LogP contribution is -2.24. The third-order valence-electron chi connectivity index (χ3n) is 4.93. The second-order valence-electron chi connectivity index (χ2n) is 6.69. The Morgan fingerprint density at radius 2 is 2.00 bits per heavy atom. The number of esters is 1. The van der Waals surface area contributed by atoms with Crippen molar-refractivity contribution in [3.8, 4) is 0 Å². The van der Waals surface area contributed by atoms with Crippen LogP contribution in [0.5, 0.6) is 0 Å². The summed E-state index contributed by atoms with van der Waals surface area (Å²) in [5.41, 5.74) is 4.57. The summed E-state index contributed by atoms with van der Waals surface area (Å²) in [6.07, 6.45) is 7.68. The Kier molecular flexibility index (Phi) is 5.74. The minimum Gasteiger partial charge on any atom is -0.469 e. The quantitative estimate of drug-likeness (QED) is 0.597. The van der Waals surface area contributed by atoms with Crippen LogP contribution in [0.2, 0.25) is 0 Å². The van der Waals surface area contributed by atoms with E-state index in [0.29, 0.717) is 13.0 Å². The van der Waals surface area contributed by atoms with E-state index in [1.165, 1.54) is 36.6 Å². The van der Waals surface area contributed by atoms with Crippen molar-refractivity contribution in [3.63, 3.8) is 0 Å². The van der Waals surface area contributed by atoms with Gasteiger partial charge in [-0.15, -0.1) is 0 Å². The summed E-state index contributed by atoms with van der Waals surface area (Å²) in [5.74, 6) is -0.201. The number of aromatic amines is 1. The fourth-order valence-electron chi connectivity index (χ4n) is 3.52. The van der Waals surface area contributed by atoms with Gasteiger partial charge in [-0.1, -0.05) is 6.42 Å². The maximum Gasteiger partial charge on any atom is 0.305 e. The lowest BCUT2D eigenvalue weighted by molar-refractivity contribution is -0.140. The lowest BCUT2D eigenvalue weighted by Gasteiger charge is -2.10. The van der Waals surface area contributed by atoms with Gasteiger partial charge in [-0.3, -0.25) is 9.59 Å². The zero-order valence-electron chi connectivity index (χ0n) is 14.8. The number of carbonyl (C=O) groups is 2. The van der Waals surface area contributed by atoms with Crippen LogP contribution in [0, 0.1) is 0 Å². The van der Waals surface area contributed by atoms with Crippen LogP contribution in [0.15, 0.2) is 18.2 Å². The highest BCUT2D eigenvalue weighted by atomic mass is 16.5. The third kappa shape index (κ3) is 4.21. The molecular formula is C20H26N2O3. The van der Waals surface area contributed by atoms with Gasteiger partial charge in [0, 0.05) is 35.1 Å². The molecular weight excluding hydrogens is 316 g/mol. The van der Waals surface area contributed by atoms with Crippen LogP contribution in [0.4, 0.5) is 0 Å². The maximum absolute atomic E-state index is 12.4. The van der Waals surface area contributed by atoms with E-state index in [9.17, 15) is 9.59 Å². The highest BCUT2D eigenvalue weighted by Gasteiger charge is 2.16. The molecule has 3 rings (SSSR count). The summed E-state index contributed by atoms with van der Waals surface area (Å²) in [5, 5.41) is 4.17. The second-order valence-corrected chi connectivity index (χ2v) is 6.69. The van der Waals surface area contributed by atoms with Gasteiger partial charge in [-0.2, -0.15) is 0 Å². The summed E-state index contributed by atoms with van der Waals surface area (Å²) in [4.78, 5) is 26.9. The highest BCUT2D eigenvalue weighted by Crippen LogP contribution is 2.29. The molecule has 0 saturated carbocycles. The molecule has 134 valence electrons. The van der Waals surface area contributed by atoms with Crippen molar-refractivity contribution in [2.45, 2.75) is 51.4 Å². The van der Waals surface area contributed by atoms with E-state index in [2.05, 4.69) is 15.0 Å². The number of benzene rings is 1. The van der Waals surface area contributed by atoms with Crippen molar-refractivity contribution in [1.29, 1.82) is 0 Å². The van der Waals surface area contributed by atoms with Crippen molar-refractivity contribution in [2.75, 3.05) is 13.7 Å². The fourth-order valence-corrected chi connectivity index (χ4v) is 3.52. The first-order chi connectivity index (χ1) is 12.2. The fraction of sp³-hybridized carbons (Fsp3) is 0.500. The summed E-state index contributed by atoms with van der Waals surface area (Å²) in [7, 11) is 1.40. The lowest BCUT2D eigenvalue weighted by atomic mass is 9.95. The van der Waals surface area contributed by atoms with Crippen LogP contribution in [0.1, 0.15) is 60.1 Å². The van der Waals surface area contributed by atoms with Crippen molar-refractivity contribution in [3.05, 3.63) is 35.0 Å². The molecule has 2 N–H and O–H groups in total. The minimum absolute atomic E-state index is 0.0272. The zero-order chi connectivity index (χ0) is 17.6. The Bertz CT molecular complexity index is 764. The largest absolute Gasteiger partial charge is 0.469 e. The maximum atomic E-state index is 12.4.